The van der Waals surface area contributed by atoms with E-state index in [9.17, 15) is 14.7 Å². The lowest BCUT2D eigenvalue weighted by atomic mass is 10.2. The van der Waals surface area contributed by atoms with E-state index in [0.717, 1.165) is 7.11 Å². The Morgan fingerprint density at radius 2 is 1.93 bits per heavy atom. The van der Waals surface area contributed by atoms with Crippen LogP contribution in [0.1, 0.15) is 6.92 Å². The van der Waals surface area contributed by atoms with E-state index in [1.807, 2.05) is 0 Å². The zero-order chi connectivity index (χ0) is 11.2. The molecule has 6 heteroatoms. The van der Waals surface area contributed by atoms with Gasteiger partial charge in [0, 0.05) is 14.2 Å². The van der Waals surface area contributed by atoms with Crippen LogP contribution in [-0.2, 0) is 23.8 Å². The van der Waals surface area contributed by atoms with Crippen molar-refractivity contribution in [2.24, 2.45) is 0 Å². The number of ether oxygens (including phenoxy) is 3. The zero-order valence-corrected chi connectivity index (χ0v) is 8.30. The summed E-state index contributed by atoms with van der Waals surface area (Å²) in [6.07, 6.45) is -1.56. The Morgan fingerprint density at radius 3 is 2.21 bits per heavy atom. The maximum Gasteiger partial charge on any atom is 0.250 e. The minimum Gasteiger partial charge on any atom is -0.358 e. The minimum atomic E-state index is -2.07. The number of methoxy groups -OCH3 is 2. The van der Waals surface area contributed by atoms with Crippen LogP contribution in [0.4, 0.5) is 0 Å². The van der Waals surface area contributed by atoms with Crippen LogP contribution in [0.25, 0.3) is 0 Å². The Labute approximate surface area is 81.8 Å². The van der Waals surface area contributed by atoms with Gasteiger partial charge in [0.25, 0.3) is 0 Å². The van der Waals surface area contributed by atoms with Crippen molar-refractivity contribution in [3.63, 3.8) is 0 Å². The van der Waals surface area contributed by atoms with Gasteiger partial charge in [-0.3, -0.25) is 9.59 Å². The van der Waals surface area contributed by atoms with Gasteiger partial charge in [0.15, 0.2) is 12.6 Å². The summed E-state index contributed by atoms with van der Waals surface area (Å²) >= 11 is 0. The summed E-state index contributed by atoms with van der Waals surface area (Å²) in [6.45, 7) is 1.38. The van der Waals surface area contributed by atoms with Gasteiger partial charge in [0.05, 0.1) is 0 Å². The van der Waals surface area contributed by atoms with E-state index in [4.69, 9.17) is 4.74 Å². The summed E-state index contributed by atoms with van der Waals surface area (Å²) < 4.78 is 14.0. The van der Waals surface area contributed by atoms with Crippen LogP contribution in [-0.4, -0.2) is 50.1 Å². The highest BCUT2D eigenvalue weighted by Gasteiger charge is 2.36. The molecular weight excluding hydrogens is 192 g/mol. The number of aldehydes is 2. The quantitative estimate of drug-likeness (QED) is 0.429. The second-order valence-electron chi connectivity index (χ2n) is 2.59. The number of carbonyl (C=O) groups is 2. The van der Waals surface area contributed by atoms with Gasteiger partial charge in [-0.1, -0.05) is 0 Å². The average molecular weight is 206 g/mol. The van der Waals surface area contributed by atoms with Crippen LogP contribution in [0, 0.1) is 0 Å². The van der Waals surface area contributed by atoms with Gasteiger partial charge in [-0.15, -0.1) is 0 Å². The summed E-state index contributed by atoms with van der Waals surface area (Å²) in [5, 5.41) is 9.45. The third kappa shape index (κ3) is 3.15. The molecule has 0 aliphatic heterocycles. The maximum atomic E-state index is 10.5. The van der Waals surface area contributed by atoms with Crippen molar-refractivity contribution in [3.05, 3.63) is 0 Å². The van der Waals surface area contributed by atoms with Crippen molar-refractivity contribution in [1.82, 2.24) is 0 Å². The van der Waals surface area contributed by atoms with E-state index in [-0.39, 0.29) is 6.29 Å². The molecule has 0 aromatic heterocycles. The van der Waals surface area contributed by atoms with Crippen molar-refractivity contribution >= 4 is 12.6 Å². The second-order valence-corrected chi connectivity index (χ2v) is 2.59. The lowest BCUT2D eigenvalue weighted by Crippen LogP contribution is -2.47. The molecular formula is C8H14O6. The van der Waals surface area contributed by atoms with Crippen LogP contribution in [0.3, 0.4) is 0 Å². The van der Waals surface area contributed by atoms with Crippen LogP contribution in [0.15, 0.2) is 0 Å². The molecule has 1 N–H and O–H groups in total. The predicted molar refractivity (Wildman–Crippen MR) is 45.4 cm³/mol. The molecule has 0 aliphatic carbocycles. The van der Waals surface area contributed by atoms with Gasteiger partial charge >= 0.3 is 0 Å². The van der Waals surface area contributed by atoms with E-state index in [2.05, 4.69) is 9.47 Å². The highest BCUT2D eigenvalue weighted by molar-refractivity contribution is 5.61. The molecule has 0 bridgehead atoms. The molecule has 3 atom stereocenters. The molecule has 0 saturated heterocycles. The lowest BCUT2D eigenvalue weighted by Gasteiger charge is -2.28. The van der Waals surface area contributed by atoms with Gasteiger partial charge in [0.2, 0.25) is 12.1 Å². The SMILES string of the molecule is CO[C@H](C=O)OC(C)[C@@](O)(C=O)OC. The fourth-order valence-corrected chi connectivity index (χ4v) is 0.752. The summed E-state index contributed by atoms with van der Waals surface area (Å²) in [7, 11) is 2.41. The van der Waals surface area contributed by atoms with Crippen LogP contribution in [0.2, 0.25) is 0 Å². The lowest BCUT2D eigenvalue weighted by molar-refractivity contribution is -0.256. The molecule has 0 spiro atoms. The molecule has 0 aromatic carbocycles. The standard InChI is InChI=1S/C8H14O6/c1-6(8(11,5-10)13-3)14-7(4-9)12-2/h4-7,11H,1-3H3/t6?,7-,8+/m0/s1. The Kier molecular flexibility index (Phi) is 5.47. The summed E-state index contributed by atoms with van der Waals surface area (Å²) in [6, 6.07) is 0. The van der Waals surface area contributed by atoms with Gasteiger partial charge in [0.1, 0.15) is 6.10 Å². The molecule has 0 saturated carbocycles. The molecule has 0 radical (unpaired) electrons. The van der Waals surface area contributed by atoms with E-state index in [1.54, 1.807) is 0 Å². The molecule has 0 fully saturated rings. The van der Waals surface area contributed by atoms with E-state index in [0.29, 0.717) is 6.29 Å². The van der Waals surface area contributed by atoms with Gasteiger partial charge in [-0.2, -0.15) is 0 Å². The number of hydrogen-bond donors (Lipinski definition) is 1. The zero-order valence-electron chi connectivity index (χ0n) is 8.30. The van der Waals surface area contributed by atoms with E-state index < -0.39 is 18.2 Å². The van der Waals surface area contributed by atoms with Crippen LogP contribution < -0.4 is 0 Å². The number of rotatable bonds is 7. The van der Waals surface area contributed by atoms with Crippen LogP contribution in [0.5, 0.6) is 0 Å². The highest BCUT2D eigenvalue weighted by Crippen LogP contribution is 2.13. The Bertz CT molecular complexity index is 194. The predicted octanol–water partition coefficient (Wildman–Crippen LogP) is -0.903. The van der Waals surface area contributed by atoms with Crippen molar-refractivity contribution in [2.45, 2.75) is 25.1 Å². The van der Waals surface area contributed by atoms with Crippen molar-refractivity contribution in [2.75, 3.05) is 14.2 Å². The fraction of sp³-hybridized carbons (Fsp3) is 0.750. The third-order valence-corrected chi connectivity index (χ3v) is 1.76. The maximum absolute atomic E-state index is 10.5. The molecule has 1 unspecified atom stereocenters. The van der Waals surface area contributed by atoms with Gasteiger partial charge < -0.3 is 19.3 Å². The first-order valence-electron chi connectivity index (χ1n) is 3.91. The first-order valence-corrected chi connectivity index (χ1v) is 3.91. The Morgan fingerprint density at radius 1 is 1.36 bits per heavy atom. The largest absolute Gasteiger partial charge is 0.358 e. The molecule has 0 heterocycles. The van der Waals surface area contributed by atoms with Crippen molar-refractivity contribution in [1.29, 1.82) is 0 Å². The molecule has 0 amide bonds. The molecule has 0 aliphatic rings. The average Bonchev–Trinajstić information content (AvgIpc) is 2.24. The van der Waals surface area contributed by atoms with E-state index in [1.165, 1.54) is 14.0 Å². The first kappa shape index (κ1) is 13.2. The molecule has 0 aromatic rings. The monoisotopic (exact) mass is 206 g/mol. The van der Waals surface area contributed by atoms with Crippen molar-refractivity contribution < 1.29 is 28.9 Å². The van der Waals surface area contributed by atoms with Crippen molar-refractivity contribution in [3.8, 4) is 0 Å². The number of aliphatic hydroxyl groups is 1. The topological polar surface area (TPSA) is 82.1 Å². The molecule has 6 nitrogen and oxygen atoms in total. The van der Waals surface area contributed by atoms with Crippen LogP contribution >= 0.6 is 0 Å². The smallest absolute Gasteiger partial charge is 0.250 e. The summed E-state index contributed by atoms with van der Waals surface area (Å²) in [5.41, 5.74) is 0. The second kappa shape index (κ2) is 5.82. The van der Waals surface area contributed by atoms with Gasteiger partial charge in [-0.05, 0) is 6.92 Å². The summed E-state index contributed by atoms with van der Waals surface area (Å²) in [5.74, 6) is -2.07. The molecule has 82 valence electrons. The Balaban J connectivity index is 4.36. The number of hydrogen-bond acceptors (Lipinski definition) is 6. The third-order valence-electron chi connectivity index (χ3n) is 1.76. The molecule has 14 heavy (non-hydrogen) atoms. The highest BCUT2D eigenvalue weighted by atomic mass is 16.7. The van der Waals surface area contributed by atoms with Gasteiger partial charge in [-0.25, -0.2) is 0 Å². The summed E-state index contributed by atoms with van der Waals surface area (Å²) in [4.78, 5) is 20.8. The number of carbonyl (C=O) groups excluding carboxylic acids is 2. The minimum absolute atomic E-state index is 0.190. The fourth-order valence-electron chi connectivity index (χ4n) is 0.752. The first-order chi connectivity index (χ1) is 6.53. The van der Waals surface area contributed by atoms with E-state index >= 15 is 0 Å². The molecule has 0 rings (SSSR count). The Hall–Kier alpha value is -0.820. The normalized spacial score (nSPS) is 19.4.